The van der Waals surface area contributed by atoms with Crippen molar-refractivity contribution in [1.29, 1.82) is 0 Å². The monoisotopic (exact) mass is 266 g/mol. The highest BCUT2D eigenvalue weighted by atomic mass is 32.4. The van der Waals surface area contributed by atoms with Crippen molar-refractivity contribution in [2.45, 2.75) is 39.2 Å². The molecular formula is C10H26O2SSi2. The molecule has 0 aliphatic carbocycles. The maximum atomic E-state index is 5.51. The SMILES string of the molecule is CO[Si](C)(CC(C)CS[Si](C)(C)C)OC. The summed E-state index contributed by atoms with van der Waals surface area (Å²) < 4.78 is 11.0. The van der Waals surface area contributed by atoms with Gasteiger partial charge in [0.15, 0.2) is 0 Å². The van der Waals surface area contributed by atoms with Crippen LogP contribution in [0.3, 0.4) is 0 Å². The van der Waals surface area contributed by atoms with Gasteiger partial charge in [-0.3, -0.25) is 0 Å². The van der Waals surface area contributed by atoms with Crippen molar-refractivity contribution in [3.63, 3.8) is 0 Å². The van der Waals surface area contributed by atoms with Gasteiger partial charge >= 0.3 is 8.56 Å². The van der Waals surface area contributed by atoms with E-state index in [1.807, 2.05) is 0 Å². The fraction of sp³-hybridized carbons (Fsp3) is 1.00. The smallest absolute Gasteiger partial charge is 0.334 e. The highest BCUT2D eigenvalue weighted by molar-refractivity contribution is 8.28. The van der Waals surface area contributed by atoms with Crippen LogP contribution in [-0.2, 0) is 8.85 Å². The lowest BCUT2D eigenvalue weighted by molar-refractivity contribution is 0.244. The second-order valence-electron chi connectivity index (χ2n) is 5.27. The zero-order valence-electron chi connectivity index (χ0n) is 11.2. The Morgan fingerprint density at radius 1 is 1.07 bits per heavy atom. The second kappa shape index (κ2) is 6.44. The molecule has 0 aromatic carbocycles. The van der Waals surface area contributed by atoms with Crippen LogP contribution < -0.4 is 0 Å². The molecule has 0 heterocycles. The van der Waals surface area contributed by atoms with E-state index < -0.39 is 15.8 Å². The maximum absolute atomic E-state index is 5.51. The van der Waals surface area contributed by atoms with E-state index in [2.05, 4.69) is 44.3 Å². The molecule has 0 saturated carbocycles. The molecule has 0 aromatic rings. The lowest BCUT2D eigenvalue weighted by Crippen LogP contribution is -2.38. The molecule has 0 aromatic heterocycles. The largest absolute Gasteiger partial charge is 0.398 e. The molecule has 0 bridgehead atoms. The number of rotatable bonds is 7. The van der Waals surface area contributed by atoms with Gasteiger partial charge in [0.05, 0.1) is 0 Å². The van der Waals surface area contributed by atoms with Gasteiger partial charge in [0.1, 0.15) is 7.22 Å². The summed E-state index contributed by atoms with van der Waals surface area (Å²) in [5.74, 6) is 1.93. The van der Waals surface area contributed by atoms with Crippen LogP contribution in [0.4, 0.5) is 0 Å². The first kappa shape index (κ1) is 15.7. The fourth-order valence-corrected chi connectivity index (χ4v) is 6.71. The Labute approximate surface area is 101 Å². The maximum Gasteiger partial charge on any atom is 0.334 e. The van der Waals surface area contributed by atoms with Crippen molar-refractivity contribution in [1.82, 2.24) is 0 Å². The predicted octanol–water partition coefficient (Wildman–Crippen LogP) is 3.56. The first-order chi connectivity index (χ1) is 6.72. The standard InChI is InChI=1S/C10H26O2SSi2/c1-10(8-13-14(4,5)6)9-15(7,11-2)12-3/h10H,8-9H2,1-7H3. The van der Waals surface area contributed by atoms with Crippen LogP contribution in [-0.4, -0.2) is 35.8 Å². The molecule has 0 aliphatic heterocycles. The third-order valence-corrected chi connectivity index (χ3v) is 10.2. The third kappa shape index (κ3) is 7.57. The number of hydrogen-bond acceptors (Lipinski definition) is 3. The molecule has 0 rings (SSSR count). The average Bonchev–Trinajstić information content (AvgIpc) is 2.13. The van der Waals surface area contributed by atoms with Crippen LogP contribution >= 0.6 is 11.2 Å². The molecule has 0 amide bonds. The first-order valence-electron chi connectivity index (χ1n) is 5.46. The first-order valence-corrected chi connectivity index (χ1v) is 13.2. The van der Waals surface area contributed by atoms with Gasteiger partial charge in [-0.2, -0.15) is 11.2 Å². The summed E-state index contributed by atoms with van der Waals surface area (Å²) in [5.41, 5.74) is 0. The van der Waals surface area contributed by atoms with E-state index in [4.69, 9.17) is 8.85 Å². The van der Waals surface area contributed by atoms with E-state index in [0.29, 0.717) is 5.92 Å². The molecular weight excluding hydrogens is 240 g/mol. The molecule has 0 fully saturated rings. The molecule has 15 heavy (non-hydrogen) atoms. The Balaban J connectivity index is 3.97. The van der Waals surface area contributed by atoms with Gasteiger partial charge in [-0.1, -0.05) is 26.6 Å². The minimum atomic E-state index is -1.85. The van der Waals surface area contributed by atoms with Gasteiger partial charge in [-0.25, -0.2) is 0 Å². The van der Waals surface area contributed by atoms with Crippen molar-refractivity contribution in [3.05, 3.63) is 0 Å². The average molecular weight is 267 g/mol. The summed E-state index contributed by atoms with van der Waals surface area (Å²) >= 11 is 2.15. The summed E-state index contributed by atoms with van der Waals surface area (Å²) in [7, 11) is 0.724. The molecule has 92 valence electrons. The van der Waals surface area contributed by atoms with Crippen molar-refractivity contribution in [2.75, 3.05) is 20.0 Å². The zero-order chi connectivity index (χ0) is 12.1. The van der Waals surface area contributed by atoms with Crippen molar-refractivity contribution < 1.29 is 8.85 Å². The summed E-state index contributed by atoms with van der Waals surface area (Å²) in [6, 6.07) is 1.09. The van der Waals surface area contributed by atoms with Crippen LogP contribution in [0, 0.1) is 5.92 Å². The summed E-state index contributed by atoms with van der Waals surface area (Å²) in [6.07, 6.45) is 0. The quantitative estimate of drug-likeness (QED) is 0.657. The van der Waals surface area contributed by atoms with E-state index in [1.54, 1.807) is 14.2 Å². The van der Waals surface area contributed by atoms with E-state index in [0.717, 1.165) is 6.04 Å². The molecule has 0 aliphatic rings. The Morgan fingerprint density at radius 3 is 1.87 bits per heavy atom. The van der Waals surface area contributed by atoms with Gasteiger partial charge in [0, 0.05) is 14.2 Å². The van der Waals surface area contributed by atoms with Crippen molar-refractivity contribution in [3.8, 4) is 0 Å². The van der Waals surface area contributed by atoms with Crippen LogP contribution in [0.5, 0.6) is 0 Å². The van der Waals surface area contributed by atoms with E-state index in [-0.39, 0.29) is 0 Å². The van der Waals surface area contributed by atoms with Gasteiger partial charge in [-0.15, -0.1) is 0 Å². The summed E-state index contributed by atoms with van der Waals surface area (Å²) in [4.78, 5) is 0. The second-order valence-corrected chi connectivity index (χ2v) is 18.2. The van der Waals surface area contributed by atoms with Gasteiger partial charge in [-0.05, 0) is 24.3 Å². The van der Waals surface area contributed by atoms with E-state index in [9.17, 15) is 0 Å². The Kier molecular flexibility index (Phi) is 6.74. The number of hydrogen-bond donors (Lipinski definition) is 0. The lowest BCUT2D eigenvalue weighted by Gasteiger charge is -2.27. The van der Waals surface area contributed by atoms with Gasteiger partial charge < -0.3 is 8.85 Å². The molecule has 0 radical (unpaired) electrons. The van der Waals surface area contributed by atoms with Gasteiger partial charge in [0.2, 0.25) is 0 Å². The lowest BCUT2D eigenvalue weighted by atomic mass is 10.3. The minimum absolute atomic E-state index is 0.693. The van der Waals surface area contributed by atoms with E-state index >= 15 is 0 Å². The highest BCUT2D eigenvalue weighted by Gasteiger charge is 2.31. The Morgan fingerprint density at radius 2 is 1.53 bits per heavy atom. The summed E-state index contributed by atoms with van der Waals surface area (Å²) in [6.45, 7) is 11.6. The van der Waals surface area contributed by atoms with Crippen LogP contribution in [0.15, 0.2) is 0 Å². The molecule has 2 nitrogen and oxygen atoms in total. The third-order valence-electron chi connectivity index (χ3n) is 2.38. The van der Waals surface area contributed by atoms with E-state index in [1.165, 1.54) is 5.75 Å². The topological polar surface area (TPSA) is 18.5 Å². The van der Waals surface area contributed by atoms with Crippen LogP contribution in [0.1, 0.15) is 6.92 Å². The Bertz CT molecular complexity index is 179. The van der Waals surface area contributed by atoms with Crippen LogP contribution in [0.2, 0.25) is 32.2 Å². The van der Waals surface area contributed by atoms with Crippen molar-refractivity contribution >= 4 is 27.0 Å². The summed E-state index contributed by atoms with van der Waals surface area (Å²) in [5, 5.41) is 0. The Hall–Kier alpha value is 0.704. The predicted molar refractivity (Wildman–Crippen MR) is 75.4 cm³/mol. The molecule has 1 unspecified atom stereocenters. The highest BCUT2D eigenvalue weighted by Crippen LogP contribution is 2.26. The molecule has 0 N–H and O–H groups in total. The van der Waals surface area contributed by atoms with Gasteiger partial charge in [0.25, 0.3) is 0 Å². The van der Waals surface area contributed by atoms with Crippen LogP contribution in [0.25, 0.3) is 0 Å². The molecule has 0 spiro atoms. The zero-order valence-corrected chi connectivity index (χ0v) is 14.0. The molecule has 5 heteroatoms. The molecule has 1 atom stereocenters. The fourth-order valence-electron chi connectivity index (χ4n) is 1.33. The normalized spacial score (nSPS) is 15.4. The minimum Gasteiger partial charge on any atom is -0.398 e. The van der Waals surface area contributed by atoms with Crippen molar-refractivity contribution in [2.24, 2.45) is 5.92 Å². The molecule has 0 saturated heterocycles.